The van der Waals surface area contributed by atoms with Gasteiger partial charge in [0.1, 0.15) is 0 Å². The summed E-state index contributed by atoms with van der Waals surface area (Å²) in [6.45, 7) is 0. The molecule has 0 fully saturated rings. The Kier molecular flexibility index (Phi) is 5.18. The van der Waals surface area contributed by atoms with Crippen LogP contribution in [0.3, 0.4) is 0 Å². The van der Waals surface area contributed by atoms with Gasteiger partial charge in [-0.25, -0.2) is 0 Å². The summed E-state index contributed by atoms with van der Waals surface area (Å²) in [6, 6.07) is 0. The fourth-order valence-electron chi connectivity index (χ4n) is 0.760. The summed E-state index contributed by atoms with van der Waals surface area (Å²) in [6.07, 6.45) is 5.14. The minimum atomic E-state index is -4.86. The molecule has 13 heavy (non-hydrogen) atoms. The molecule has 0 unspecified atom stereocenters. The maximum Gasteiger partial charge on any atom is 0.470 e. The molecule has 0 aromatic rings. The third-order valence-corrected chi connectivity index (χ3v) is 1.44. The summed E-state index contributed by atoms with van der Waals surface area (Å²) in [5, 5.41) is 0. The summed E-state index contributed by atoms with van der Waals surface area (Å²) >= 11 is 0. The smallest absolute Gasteiger partial charge is 0.362 e. The molecule has 1 aliphatic rings. The second-order valence-electron chi connectivity index (χ2n) is 2.62. The highest BCUT2D eigenvalue weighted by Crippen LogP contribution is 2.11. The Morgan fingerprint density at radius 3 is 1.54 bits per heavy atom. The molecular weight excluding hydrogens is 183 g/mol. The zero-order valence-corrected chi connectivity index (χ0v) is 7.10. The Bertz CT molecular complexity index is 178. The maximum atomic E-state index is 10.7. The van der Waals surface area contributed by atoms with Crippen LogP contribution in [0.5, 0.6) is 0 Å². The second-order valence-corrected chi connectivity index (χ2v) is 2.62. The molecule has 2 N–H and O–H groups in total. The Balaban J connectivity index is 0.000000223. The van der Waals surface area contributed by atoms with E-state index >= 15 is 0 Å². The monoisotopic (exact) mass is 195 g/mol. The number of hydrogen-bond acceptors (Lipinski definition) is 1. The molecule has 0 saturated carbocycles. The number of amides is 1. The quantitative estimate of drug-likeness (QED) is 0.591. The largest absolute Gasteiger partial charge is 0.470 e. The highest BCUT2D eigenvalue weighted by molar-refractivity contribution is 5.79. The Hall–Kier alpha value is -1.00. The molecule has 1 amide bonds. The number of alkyl halides is 3. The van der Waals surface area contributed by atoms with Crippen LogP contribution in [-0.4, -0.2) is 12.1 Å². The molecule has 2 nitrogen and oxygen atoms in total. The van der Waals surface area contributed by atoms with Crippen molar-refractivity contribution < 1.29 is 18.0 Å². The minimum Gasteiger partial charge on any atom is -0.362 e. The second kappa shape index (κ2) is 5.61. The van der Waals surface area contributed by atoms with E-state index in [-0.39, 0.29) is 0 Å². The van der Waals surface area contributed by atoms with Crippen molar-refractivity contribution in [3.8, 4) is 0 Å². The SMILES string of the molecule is C1=CCCCC1.NC(=O)C(F)(F)F. The van der Waals surface area contributed by atoms with Crippen LogP contribution in [0.4, 0.5) is 13.2 Å². The molecule has 0 radical (unpaired) electrons. The predicted molar refractivity (Wildman–Crippen MR) is 42.9 cm³/mol. The van der Waals surface area contributed by atoms with Gasteiger partial charge in [-0.15, -0.1) is 0 Å². The number of rotatable bonds is 0. The van der Waals surface area contributed by atoms with E-state index in [2.05, 4.69) is 17.9 Å². The van der Waals surface area contributed by atoms with Gasteiger partial charge in [-0.2, -0.15) is 13.2 Å². The standard InChI is InChI=1S/C6H10.C2H2F3NO/c1-2-4-6-5-3-1;3-2(4,5)1(6)7/h1-2H,3-6H2;(H2,6,7). The summed E-state index contributed by atoms with van der Waals surface area (Å²) in [5.74, 6) is -2.26. The van der Waals surface area contributed by atoms with Gasteiger partial charge in [0.2, 0.25) is 0 Å². The number of hydrogen-bond donors (Lipinski definition) is 1. The van der Waals surface area contributed by atoms with Gasteiger partial charge in [0.05, 0.1) is 0 Å². The van der Waals surface area contributed by atoms with E-state index in [9.17, 15) is 13.2 Å². The fourth-order valence-corrected chi connectivity index (χ4v) is 0.760. The Morgan fingerprint density at radius 1 is 1.15 bits per heavy atom. The van der Waals surface area contributed by atoms with Crippen molar-refractivity contribution in [1.29, 1.82) is 0 Å². The highest BCUT2D eigenvalue weighted by atomic mass is 19.4. The molecule has 0 atom stereocenters. The van der Waals surface area contributed by atoms with Crippen LogP contribution < -0.4 is 5.73 Å². The number of halogens is 3. The van der Waals surface area contributed by atoms with Crippen LogP contribution in [0.2, 0.25) is 0 Å². The van der Waals surface area contributed by atoms with Crippen LogP contribution in [0.1, 0.15) is 25.7 Å². The van der Waals surface area contributed by atoms with Crippen LogP contribution in [0.25, 0.3) is 0 Å². The van der Waals surface area contributed by atoms with E-state index in [1.54, 1.807) is 0 Å². The number of allylic oxidation sites excluding steroid dienone is 2. The fraction of sp³-hybridized carbons (Fsp3) is 0.625. The zero-order valence-electron chi connectivity index (χ0n) is 7.10. The molecule has 0 aromatic carbocycles. The number of carbonyl (C=O) groups excluding carboxylic acids is 1. The van der Waals surface area contributed by atoms with Gasteiger partial charge in [0.15, 0.2) is 0 Å². The lowest BCUT2D eigenvalue weighted by Gasteiger charge is -1.97. The normalized spacial score (nSPS) is 15.9. The number of nitrogens with two attached hydrogens (primary N) is 1. The molecule has 1 rings (SSSR count). The van der Waals surface area contributed by atoms with E-state index in [1.165, 1.54) is 25.7 Å². The topological polar surface area (TPSA) is 43.1 Å². The molecule has 1 aliphatic carbocycles. The average molecular weight is 195 g/mol. The van der Waals surface area contributed by atoms with Gasteiger partial charge < -0.3 is 5.73 Å². The summed E-state index contributed by atoms with van der Waals surface area (Å²) in [5.41, 5.74) is 3.81. The van der Waals surface area contributed by atoms with Crippen molar-refractivity contribution in [3.63, 3.8) is 0 Å². The minimum absolute atomic E-state index is 1.32. The van der Waals surface area contributed by atoms with E-state index in [4.69, 9.17) is 4.79 Å². The average Bonchev–Trinajstić information content (AvgIpc) is 2.07. The molecular formula is C8H12F3NO. The molecule has 76 valence electrons. The molecule has 0 spiro atoms. The van der Waals surface area contributed by atoms with Crippen molar-refractivity contribution in [2.75, 3.05) is 0 Å². The third kappa shape index (κ3) is 7.36. The van der Waals surface area contributed by atoms with Crippen molar-refractivity contribution in [2.45, 2.75) is 31.9 Å². The van der Waals surface area contributed by atoms with E-state index in [0.717, 1.165) is 0 Å². The summed E-state index contributed by atoms with van der Waals surface area (Å²) in [4.78, 5) is 9.12. The number of carbonyl (C=O) groups is 1. The predicted octanol–water partition coefficient (Wildman–Crippen LogP) is 2.15. The molecule has 5 heteroatoms. The Labute approximate surface area is 74.6 Å². The van der Waals surface area contributed by atoms with Crippen molar-refractivity contribution in [1.82, 2.24) is 0 Å². The molecule has 0 aliphatic heterocycles. The van der Waals surface area contributed by atoms with E-state index in [1.807, 2.05) is 0 Å². The third-order valence-electron chi connectivity index (χ3n) is 1.44. The first kappa shape index (κ1) is 12.0. The first-order valence-electron chi connectivity index (χ1n) is 3.96. The van der Waals surface area contributed by atoms with Gasteiger partial charge in [-0.05, 0) is 25.7 Å². The van der Waals surface area contributed by atoms with Crippen LogP contribution in [0, 0.1) is 0 Å². The first-order chi connectivity index (χ1) is 5.94. The summed E-state index contributed by atoms with van der Waals surface area (Å²) < 4.78 is 32.1. The van der Waals surface area contributed by atoms with Gasteiger partial charge in [-0.1, -0.05) is 12.2 Å². The lowest BCUT2D eigenvalue weighted by atomic mass is 10.1. The van der Waals surface area contributed by atoms with Crippen molar-refractivity contribution in [2.24, 2.45) is 5.73 Å². The maximum absolute atomic E-state index is 10.7. The lowest BCUT2D eigenvalue weighted by Crippen LogP contribution is -2.30. The molecule has 0 heterocycles. The zero-order chi connectivity index (χ0) is 10.3. The van der Waals surface area contributed by atoms with Crippen molar-refractivity contribution >= 4 is 5.91 Å². The van der Waals surface area contributed by atoms with Crippen LogP contribution >= 0.6 is 0 Å². The highest BCUT2D eigenvalue weighted by Gasteiger charge is 2.35. The van der Waals surface area contributed by atoms with Gasteiger partial charge in [-0.3, -0.25) is 4.79 Å². The van der Waals surface area contributed by atoms with Gasteiger partial charge in [0.25, 0.3) is 0 Å². The lowest BCUT2D eigenvalue weighted by molar-refractivity contribution is -0.169. The summed E-state index contributed by atoms with van der Waals surface area (Å²) in [7, 11) is 0. The Morgan fingerprint density at radius 2 is 1.46 bits per heavy atom. The molecule has 0 saturated heterocycles. The van der Waals surface area contributed by atoms with Crippen molar-refractivity contribution in [3.05, 3.63) is 12.2 Å². The van der Waals surface area contributed by atoms with Gasteiger partial charge >= 0.3 is 12.1 Å². The van der Waals surface area contributed by atoms with Crippen LogP contribution in [0.15, 0.2) is 12.2 Å². The molecule has 0 aromatic heterocycles. The van der Waals surface area contributed by atoms with Gasteiger partial charge in [0, 0.05) is 0 Å². The molecule has 0 bridgehead atoms. The van der Waals surface area contributed by atoms with E-state index < -0.39 is 12.1 Å². The first-order valence-corrected chi connectivity index (χ1v) is 3.96. The van der Waals surface area contributed by atoms with Crippen LogP contribution in [-0.2, 0) is 4.79 Å². The number of primary amides is 1. The van der Waals surface area contributed by atoms with E-state index in [0.29, 0.717) is 0 Å².